The summed E-state index contributed by atoms with van der Waals surface area (Å²) in [6.07, 6.45) is 2.71. The number of ketones is 1. The van der Waals surface area contributed by atoms with Crippen LogP contribution in [0.4, 0.5) is 9.18 Å². The summed E-state index contributed by atoms with van der Waals surface area (Å²) < 4.78 is 59.0. The first-order valence-corrected chi connectivity index (χ1v) is 21.5. The molecular weight excluding hydrogens is 712 g/mol. The normalized spacial score (nSPS) is 33.9. The fourth-order valence-corrected chi connectivity index (χ4v) is 10.0. The first kappa shape index (κ1) is 38.5. The van der Waals surface area contributed by atoms with Gasteiger partial charge in [-0.05, 0) is 66.6 Å². The molecule has 2 aromatic carbocycles. The highest BCUT2D eigenvalue weighted by molar-refractivity contribution is 6.74. The molecule has 2 aliphatic heterocycles. The zero-order valence-corrected chi connectivity index (χ0v) is 33.5. The summed E-state index contributed by atoms with van der Waals surface area (Å²) in [6, 6.07) is 12.2. The second-order valence-corrected chi connectivity index (χ2v) is 22.0. The predicted molar refractivity (Wildman–Crippen MR) is 200 cm³/mol. The molecule has 1 N–H and O–H groups in total. The minimum absolute atomic E-state index is 0.0491. The number of rotatable bonds is 9. The van der Waals surface area contributed by atoms with E-state index in [2.05, 4.69) is 13.5 Å². The summed E-state index contributed by atoms with van der Waals surface area (Å²) in [5.41, 5.74) is -1.32. The molecule has 0 amide bonds. The number of benzene rings is 2. The van der Waals surface area contributed by atoms with Crippen molar-refractivity contribution in [3.05, 3.63) is 89.3 Å². The van der Waals surface area contributed by atoms with E-state index in [0.717, 1.165) is 17.2 Å². The Morgan fingerprint density at radius 2 is 1.83 bits per heavy atom. The van der Waals surface area contributed by atoms with Gasteiger partial charge in [-0.2, -0.15) is 0 Å². The molecule has 3 unspecified atom stereocenters. The maximum atomic E-state index is 15.5. The third-order valence-electron chi connectivity index (χ3n) is 12.7. The van der Waals surface area contributed by atoms with Gasteiger partial charge in [0.2, 0.25) is 0 Å². The fraction of sp³-hybridized carbons (Fsp3) is 0.524. The van der Waals surface area contributed by atoms with Gasteiger partial charge in [0, 0.05) is 30.4 Å². The van der Waals surface area contributed by atoms with Crippen molar-refractivity contribution in [3.8, 4) is 17.2 Å². The highest BCUT2D eigenvalue weighted by Gasteiger charge is 2.79. The summed E-state index contributed by atoms with van der Waals surface area (Å²) in [7, 11) is -1.05. The zero-order valence-electron chi connectivity index (χ0n) is 32.5. The Bertz CT molecular complexity index is 1950. The third-order valence-corrected chi connectivity index (χ3v) is 17.0. The number of Topliss-reactive ketones (excluding diaryl/α,β-unsaturated/α-hetero) is 1. The van der Waals surface area contributed by atoms with Crippen LogP contribution in [0.3, 0.4) is 0 Å². The van der Waals surface area contributed by atoms with Crippen LogP contribution in [0.25, 0.3) is 0 Å². The Labute approximate surface area is 317 Å². The Hall–Kier alpha value is -3.81. The Morgan fingerprint density at radius 3 is 2.48 bits per heavy atom. The van der Waals surface area contributed by atoms with E-state index in [4.69, 9.17) is 32.8 Å². The average molecular weight is 763 g/mol. The van der Waals surface area contributed by atoms with Gasteiger partial charge in [-0.15, -0.1) is 0 Å². The largest absolute Gasteiger partial charge is 0.539 e. The van der Waals surface area contributed by atoms with Crippen LogP contribution in [-0.2, 0) is 30.2 Å². The number of methoxy groups -OCH3 is 1. The molecule has 10 nitrogen and oxygen atoms in total. The molecule has 3 aliphatic carbocycles. The van der Waals surface area contributed by atoms with E-state index < -0.39 is 66.8 Å². The Morgan fingerprint density at radius 1 is 1.13 bits per heavy atom. The second-order valence-electron chi connectivity index (χ2n) is 17.3. The number of halogens is 1. The Kier molecular flexibility index (Phi) is 9.17. The van der Waals surface area contributed by atoms with E-state index in [1.165, 1.54) is 13.2 Å². The first-order chi connectivity index (χ1) is 25.2. The molecule has 1 saturated carbocycles. The second kappa shape index (κ2) is 12.9. The van der Waals surface area contributed by atoms with E-state index in [-0.39, 0.29) is 47.7 Å². The van der Waals surface area contributed by atoms with Crippen molar-refractivity contribution in [2.24, 2.45) is 17.8 Å². The number of carbonyl (C=O) groups excluding carboxylic acids is 2. The van der Waals surface area contributed by atoms with Gasteiger partial charge in [0.1, 0.15) is 29.7 Å². The van der Waals surface area contributed by atoms with Crippen LogP contribution >= 0.6 is 0 Å². The average Bonchev–Trinajstić information content (AvgIpc) is 3.39. The van der Waals surface area contributed by atoms with Crippen LogP contribution in [0, 0.1) is 23.6 Å². The minimum atomic E-state index is -2.43. The third kappa shape index (κ3) is 5.87. The number of ether oxygens (including phenoxy) is 6. The highest BCUT2D eigenvalue weighted by atomic mass is 28.4. The van der Waals surface area contributed by atoms with Crippen LogP contribution in [-0.4, -0.2) is 68.0 Å². The van der Waals surface area contributed by atoms with Gasteiger partial charge < -0.3 is 38.0 Å². The number of carbonyl (C=O) groups is 2. The molecule has 2 saturated heterocycles. The molecule has 3 bridgehead atoms. The van der Waals surface area contributed by atoms with Gasteiger partial charge in [0.05, 0.1) is 19.1 Å². The van der Waals surface area contributed by atoms with Crippen LogP contribution < -0.4 is 13.9 Å². The molecule has 0 radical (unpaired) electrons. The molecule has 0 spiro atoms. The van der Waals surface area contributed by atoms with Crippen LogP contribution in [0.2, 0.25) is 18.1 Å². The van der Waals surface area contributed by atoms with Gasteiger partial charge in [0.25, 0.3) is 14.3 Å². The van der Waals surface area contributed by atoms with Gasteiger partial charge in [-0.25, -0.2) is 9.18 Å². The quantitative estimate of drug-likeness (QED) is 0.117. The van der Waals surface area contributed by atoms with Crippen molar-refractivity contribution >= 4 is 20.3 Å². The molecule has 2 heterocycles. The topological polar surface area (TPSA) is 119 Å². The number of hydrogen-bond acceptors (Lipinski definition) is 10. The molecule has 12 heteroatoms. The van der Waals surface area contributed by atoms with Gasteiger partial charge in [-0.3, -0.25) is 4.79 Å². The molecule has 7 rings (SSSR count). The minimum Gasteiger partial charge on any atom is -0.539 e. The maximum absolute atomic E-state index is 15.5. The Balaban J connectivity index is 1.20. The van der Waals surface area contributed by atoms with Crippen molar-refractivity contribution < 1.29 is 51.9 Å². The van der Waals surface area contributed by atoms with Gasteiger partial charge in [0.15, 0.2) is 23.1 Å². The zero-order chi connectivity index (χ0) is 39.2. The standard InChI is InChI=1S/C42H51FO10Si/c1-24(2)40-20-26(4)42-30(36(40)50-41(52-40,53-42)22-27-14-12-11-13-15-27)17-28(21-39(46)33(42)16-25(3)35(39)44)23-48-37(45)49-29-18-31(43)34(32(19-29)47-8)51-54(9,10)38(5,6)7/h11-19,26,30,33,36,46H,1,20-23H2,2-10H3/t26-,30+,33-,36?,39-,40-,41?,42?/m1/s1. The van der Waals surface area contributed by atoms with E-state index in [9.17, 15) is 14.7 Å². The molecule has 290 valence electrons. The molecule has 2 aromatic rings. The molecule has 5 aliphatic rings. The van der Waals surface area contributed by atoms with Crippen LogP contribution in [0.1, 0.15) is 59.9 Å². The van der Waals surface area contributed by atoms with Crippen molar-refractivity contribution in [2.45, 2.75) is 108 Å². The van der Waals surface area contributed by atoms with E-state index in [0.29, 0.717) is 17.6 Å². The molecule has 0 aromatic heterocycles. The van der Waals surface area contributed by atoms with E-state index >= 15 is 4.39 Å². The SMILES string of the molecule is C=C(C)[C@]12C[C@@H](C)C34OC(Cc5ccccc5)(OC1[C@@H]3C=C(COC(=O)Oc1cc(F)c(O[Si](C)(C)C(C)(C)C)c(OC)c1)C[C@]1(O)C(=O)C(C)=C[C@@H]41)O2. The van der Waals surface area contributed by atoms with Crippen LogP contribution in [0.15, 0.2) is 77.9 Å². The molecular formula is C42H51FO10Si. The van der Waals surface area contributed by atoms with E-state index in [1.807, 2.05) is 83.3 Å². The lowest BCUT2D eigenvalue weighted by molar-refractivity contribution is -0.421. The van der Waals surface area contributed by atoms with E-state index in [1.54, 1.807) is 6.92 Å². The summed E-state index contributed by atoms with van der Waals surface area (Å²) in [5.74, 6) is -4.28. The van der Waals surface area contributed by atoms with Crippen molar-refractivity contribution in [3.63, 3.8) is 0 Å². The summed E-state index contributed by atoms with van der Waals surface area (Å²) in [5, 5.41) is 12.3. The predicted octanol–water partition coefficient (Wildman–Crippen LogP) is 7.99. The van der Waals surface area contributed by atoms with Crippen molar-refractivity contribution in [1.29, 1.82) is 0 Å². The summed E-state index contributed by atoms with van der Waals surface area (Å²) >= 11 is 0. The first-order valence-electron chi connectivity index (χ1n) is 18.5. The van der Waals surface area contributed by atoms with Crippen molar-refractivity contribution in [1.82, 2.24) is 0 Å². The lowest BCUT2D eigenvalue weighted by Gasteiger charge is -2.59. The lowest BCUT2D eigenvalue weighted by Crippen LogP contribution is -2.70. The lowest BCUT2D eigenvalue weighted by atomic mass is 9.55. The smallest absolute Gasteiger partial charge is 0.514 e. The highest BCUT2D eigenvalue weighted by Crippen LogP contribution is 2.68. The van der Waals surface area contributed by atoms with Gasteiger partial charge >= 0.3 is 6.16 Å². The number of hydrogen-bond donors (Lipinski definition) is 1. The maximum Gasteiger partial charge on any atom is 0.514 e. The fourth-order valence-electron chi connectivity index (χ4n) is 9.03. The molecule has 54 heavy (non-hydrogen) atoms. The van der Waals surface area contributed by atoms with Crippen LogP contribution in [0.5, 0.6) is 17.2 Å². The van der Waals surface area contributed by atoms with Gasteiger partial charge in [-0.1, -0.05) is 76.8 Å². The number of aliphatic hydroxyl groups is 1. The monoisotopic (exact) mass is 762 g/mol. The molecule has 8 atom stereocenters. The number of fused-ring (bicyclic) bond motifs is 2. The molecule has 3 fully saturated rings. The summed E-state index contributed by atoms with van der Waals surface area (Å²) in [6.45, 7) is 19.8. The van der Waals surface area contributed by atoms with Crippen molar-refractivity contribution in [2.75, 3.05) is 13.7 Å². The summed E-state index contributed by atoms with van der Waals surface area (Å²) in [4.78, 5) is 27.1.